The molecule has 1 aliphatic heterocycles. The van der Waals surface area contributed by atoms with E-state index >= 15 is 0 Å². The maximum Gasteiger partial charge on any atom is 0.125 e. The number of rotatable bonds is 8. The van der Waals surface area contributed by atoms with Crippen LogP contribution >= 0.6 is 11.3 Å². The van der Waals surface area contributed by atoms with Crippen molar-refractivity contribution in [1.29, 1.82) is 0 Å². The molecule has 1 aromatic rings. The van der Waals surface area contributed by atoms with Crippen molar-refractivity contribution in [2.45, 2.75) is 44.9 Å². The Morgan fingerprint density at radius 2 is 2.10 bits per heavy atom. The van der Waals surface area contributed by atoms with Gasteiger partial charge in [-0.05, 0) is 13.0 Å². The van der Waals surface area contributed by atoms with Gasteiger partial charge in [0.15, 0.2) is 0 Å². The molecule has 0 aromatic carbocycles. The summed E-state index contributed by atoms with van der Waals surface area (Å²) in [4.78, 5) is 6.07. The molecule has 2 heterocycles. The smallest absolute Gasteiger partial charge is 0.125 e. The van der Waals surface area contributed by atoms with Crippen LogP contribution in [0.5, 0.6) is 0 Å². The fourth-order valence-corrected chi connectivity index (χ4v) is 3.81. The Kier molecular flexibility index (Phi) is 6.57. The van der Waals surface area contributed by atoms with Gasteiger partial charge in [-0.1, -0.05) is 6.92 Å². The molecular weight excluding hydrogens is 288 g/mol. The predicted molar refractivity (Wildman–Crippen MR) is 83.6 cm³/mol. The molecule has 6 heteroatoms. The van der Waals surface area contributed by atoms with Crippen LogP contribution in [-0.2, 0) is 33.0 Å². The number of methoxy groups -OCH3 is 2. The predicted octanol–water partition coefficient (Wildman–Crippen LogP) is 2.44. The molecule has 1 fully saturated rings. The first-order valence-electron chi connectivity index (χ1n) is 7.57. The van der Waals surface area contributed by atoms with Gasteiger partial charge >= 0.3 is 0 Å². The molecule has 0 amide bonds. The third-order valence-electron chi connectivity index (χ3n) is 3.85. The topological polar surface area (TPSA) is 52.6 Å². The van der Waals surface area contributed by atoms with Crippen molar-refractivity contribution in [3.05, 3.63) is 15.6 Å². The van der Waals surface area contributed by atoms with Crippen molar-refractivity contribution in [1.82, 2.24) is 10.3 Å². The molecule has 120 valence electrons. The molecular formula is C15H26N2O3S. The highest BCUT2D eigenvalue weighted by molar-refractivity contribution is 7.11. The van der Waals surface area contributed by atoms with E-state index in [4.69, 9.17) is 19.2 Å². The van der Waals surface area contributed by atoms with Gasteiger partial charge in [-0.3, -0.25) is 0 Å². The van der Waals surface area contributed by atoms with Gasteiger partial charge in [0, 0.05) is 51.7 Å². The second-order valence-electron chi connectivity index (χ2n) is 5.31. The first kappa shape index (κ1) is 16.8. The van der Waals surface area contributed by atoms with Crippen LogP contribution in [0.4, 0.5) is 0 Å². The van der Waals surface area contributed by atoms with Gasteiger partial charge in [0.05, 0.1) is 12.3 Å². The molecule has 0 bridgehead atoms. The summed E-state index contributed by atoms with van der Waals surface area (Å²) in [6, 6.07) is 0. The normalized spacial score (nSPS) is 18.0. The zero-order valence-electron chi connectivity index (χ0n) is 13.2. The summed E-state index contributed by atoms with van der Waals surface area (Å²) in [6.07, 6.45) is 2.86. The maximum absolute atomic E-state index is 5.84. The van der Waals surface area contributed by atoms with E-state index in [9.17, 15) is 0 Å². The minimum atomic E-state index is -0.283. The second-order valence-corrected chi connectivity index (χ2v) is 6.39. The van der Waals surface area contributed by atoms with Gasteiger partial charge in [-0.15, -0.1) is 11.3 Å². The Balaban J connectivity index is 2.20. The van der Waals surface area contributed by atoms with Gasteiger partial charge in [-0.2, -0.15) is 0 Å². The number of nitrogens with zero attached hydrogens (tertiary/aromatic N) is 1. The Bertz CT molecular complexity index is 431. The number of nitrogens with one attached hydrogen (secondary N) is 1. The molecule has 0 radical (unpaired) electrons. The zero-order valence-corrected chi connectivity index (χ0v) is 14.1. The molecule has 1 saturated heterocycles. The van der Waals surface area contributed by atoms with Gasteiger partial charge in [0.1, 0.15) is 10.6 Å². The van der Waals surface area contributed by atoms with E-state index in [2.05, 4.69) is 12.2 Å². The van der Waals surface area contributed by atoms with E-state index in [-0.39, 0.29) is 5.60 Å². The minimum Gasteiger partial charge on any atom is -0.381 e. The minimum absolute atomic E-state index is 0.283. The Morgan fingerprint density at radius 3 is 2.71 bits per heavy atom. The van der Waals surface area contributed by atoms with Crippen LogP contribution in [0.25, 0.3) is 0 Å². The highest BCUT2D eigenvalue weighted by Gasteiger charge is 2.38. The van der Waals surface area contributed by atoms with Crippen molar-refractivity contribution >= 4 is 11.3 Å². The van der Waals surface area contributed by atoms with Crippen molar-refractivity contribution in [3.63, 3.8) is 0 Å². The SMILES string of the molecule is CCCNCc1sc(C2(OC)CCOCC2)nc1COC. The second kappa shape index (κ2) is 8.19. The lowest BCUT2D eigenvalue weighted by Crippen LogP contribution is -2.35. The van der Waals surface area contributed by atoms with E-state index in [0.29, 0.717) is 6.61 Å². The summed E-state index contributed by atoms with van der Waals surface area (Å²) >= 11 is 1.75. The van der Waals surface area contributed by atoms with Crippen LogP contribution in [0, 0.1) is 0 Å². The molecule has 0 aliphatic carbocycles. The monoisotopic (exact) mass is 314 g/mol. The number of hydrogen-bond acceptors (Lipinski definition) is 6. The first-order valence-corrected chi connectivity index (χ1v) is 8.39. The molecule has 5 nitrogen and oxygen atoms in total. The standard InChI is InChI=1S/C15H26N2O3S/c1-4-7-16-10-13-12(11-18-2)17-14(21-13)15(19-3)5-8-20-9-6-15/h16H,4-11H2,1-3H3. The van der Waals surface area contributed by atoms with E-state index in [1.807, 2.05) is 0 Å². The number of thiazole rings is 1. The van der Waals surface area contributed by atoms with Gasteiger partial charge in [0.2, 0.25) is 0 Å². The summed E-state index contributed by atoms with van der Waals surface area (Å²) in [5.41, 5.74) is 0.748. The average molecular weight is 314 g/mol. The number of aromatic nitrogens is 1. The average Bonchev–Trinajstić information content (AvgIpc) is 2.92. The first-order chi connectivity index (χ1) is 10.3. The molecule has 0 atom stereocenters. The van der Waals surface area contributed by atoms with Gasteiger partial charge < -0.3 is 19.5 Å². The lowest BCUT2D eigenvalue weighted by molar-refractivity contribution is -0.0949. The number of ether oxygens (including phenoxy) is 3. The summed E-state index contributed by atoms with van der Waals surface area (Å²) < 4.78 is 16.6. The third-order valence-corrected chi connectivity index (χ3v) is 5.14. The van der Waals surface area contributed by atoms with E-state index in [0.717, 1.165) is 56.3 Å². The molecule has 1 N–H and O–H groups in total. The van der Waals surface area contributed by atoms with Crippen molar-refractivity contribution in [2.75, 3.05) is 34.0 Å². The third kappa shape index (κ3) is 4.02. The Morgan fingerprint density at radius 1 is 1.33 bits per heavy atom. The van der Waals surface area contributed by atoms with Gasteiger partial charge in [0.25, 0.3) is 0 Å². The molecule has 0 spiro atoms. The molecule has 0 saturated carbocycles. The molecule has 0 unspecified atom stereocenters. The molecule has 21 heavy (non-hydrogen) atoms. The zero-order chi connectivity index (χ0) is 15.1. The van der Waals surface area contributed by atoms with E-state index in [1.54, 1.807) is 25.6 Å². The summed E-state index contributed by atoms with van der Waals surface area (Å²) in [5, 5.41) is 4.51. The summed E-state index contributed by atoms with van der Waals surface area (Å²) in [5.74, 6) is 0. The van der Waals surface area contributed by atoms with Crippen molar-refractivity contribution in [3.8, 4) is 0 Å². The highest BCUT2D eigenvalue weighted by atomic mass is 32.1. The summed E-state index contributed by atoms with van der Waals surface area (Å²) in [6.45, 7) is 6.05. The van der Waals surface area contributed by atoms with Crippen LogP contribution in [0.1, 0.15) is 41.8 Å². The van der Waals surface area contributed by atoms with E-state index in [1.165, 1.54) is 4.88 Å². The van der Waals surface area contributed by atoms with Crippen LogP contribution in [-0.4, -0.2) is 39.0 Å². The van der Waals surface area contributed by atoms with Gasteiger partial charge in [-0.25, -0.2) is 4.98 Å². The summed E-state index contributed by atoms with van der Waals surface area (Å²) in [7, 11) is 3.49. The quantitative estimate of drug-likeness (QED) is 0.747. The number of hydrogen-bond donors (Lipinski definition) is 1. The highest BCUT2D eigenvalue weighted by Crippen LogP contribution is 2.38. The van der Waals surface area contributed by atoms with Crippen molar-refractivity contribution in [2.24, 2.45) is 0 Å². The maximum atomic E-state index is 5.84. The largest absolute Gasteiger partial charge is 0.381 e. The Labute approximate surface area is 131 Å². The fraction of sp³-hybridized carbons (Fsp3) is 0.800. The Hall–Kier alpha value is -0.530. The van der Waals surface area contributed by atoms with Crippen LogP contribution in [0.15, 0.2) is 0 Å². The lowest BCUT2D eigenvalue weighted by Gasteiger charge is -2.33. The molecule has 1 aromatic heterocycles. The molecule has 1 aliphatic rings. The van der Waals surface area contributed by atoms with Crippen LogP contribution < -0.4 is 5.32 Å². The fourth-order valence-electron chi connectivity index (χ4n) is 2.55. The van der Waals surface area contributed by atoms with Crippen molar-refractivity contribution < 1.29 is 14.2 Å². The van der Waals surface area contributed by atoms with Crippen LogP contribution in [0.2, 0.25) is 0 Å². The lowest BCUT2D eigenvalue weighted by atomic mass is 9.95. The molecule has 2 rings (SSSR count). The van der Waals surface area contributed by atoms with Crippen LogP contribution in [0.3, 0.4) is 0 Å². The van der Waals surface area contributed by atoms with E-state index < -0.39 is 0 Å².